The summed E-state index contributed by atoms with van der Waals surface area (Å²) >= 11 is 0. The van der Waals surface area contributed by atoms with Crippen LogP contribution in [0.1, 0.15) is 24.9 Å². The van der Waals surface area contributed by atoms with Crippen LogP contribution in [0.2, 0.25) is 0 Å². The van der Waals surface area contributed by atoms with Gasteiger partial charge in [0.05, 0.1) is 13.2 Å². The summed E-state index contributed by atoms with van der Waals surface area (Å²) in [5, 5.41) is 0. The molecule has 6 nitrogen and oxygen atoms in total. The lowest BCUT2D eigenvalue weighted by Gasteiger charge is -2.08. The van der Waals surface area contributed by atoms with E-state index in [1.165, 1.54) is 10.6 Å². The van der Waals surface area contributed by atoms with Crippen LogP contribution in [-0.2, 0) is 20.9 Å². The molecule has 1 aromatic heterocycles. The zero-order valence-electron chi connectivity index (χ0n) is 10.7. The minimum absolute atomic E-state index is 0.156. The third-order valence-electron chi connectivity index (χ3n) is 2.31. The molecule has 0 aliphatic carbocycles. The minimum Gasteiger partial charge on any atom is -0.466 e. The first-order valence-corrected chi connectivity index (χ1v) is 5.66. The van der Waals surface area contributed by atoms with Crippen molar-refractivity contribution in [2.75, 3.05) is 6.61 Å². The number of rotatable bonds is 5. The molecule has 0 atom stereocenters. The quantitative estimate of drug-likeness (QED) is 0.559. The molecule has 0 radical (unpaired) electrons. The third-order valence-corrected chi connectivity index (χ3v) is 2.31. The second-order valence-corrected chi connectivity index (χ2v) is 3.89. The normalized spacial score (nSPS) is 10.2. The van der Waals surface area contributed by atoms with E-state index in [1.54, 1.807) is 20.8 Å². The van der Waals surface area contributed by atoms with Gasteiger partial charge in [0.2, 0.25) is 0 Å². The summed E-state index contributed by atoms with van der Waals surface area (Å²) < 4.78 is 5.91. The number of carbonyl (C=O) groups is 2. The highest BCUT2D eigenvalue weighted by molar-refractivity contribution is 5.95. The molecule has 1 aromatic rings. The smallest absolute Gasteiger partial charge is 0.313 e. The molecule has 0 N–H and O–H groups in total. The Kier molecular flexibility index (Phi) is 4.76. The van der Waals surface area contributed by atoms with E-state index in [2.05, 4.69) is 9.72 Å². The maximum absolute atomic E-state index is 11.7. The number of nitrogens with zero attached hydrogens (tertiary/aromatic N) is 2. The predicted molar refractivity (Wildman–Crippen MR) is 64.2 cm³/mol. The van der Waals surface area contributed by atoms with Gasteiger partial charge in [0.15, 0.2) is 5.78 Å². The lowest BCUT2D eigenvalue weighted by atomic mass is 10.2. The van der Waals surface area contributed by atoms with Gasteiger partial charge in [0.25, 0.3) is 5.56 Å². The van der Waals surface area contributed by atoms with Gasteiger partial charge >= 0.3 is 5.97 Å². The van der Waals surface area contributed by atoms with Gasteiger partial charge in [-0.3, -0.25) is 19.0 Å². The highest BCUT2D eigenvalue weighted by atomic mass is 16.5. The first-order chi connectivity index (χ1) is 8.43. The number of esters is 1. The van der Waals surface area contributed by atoms with Crippen molar-refractivity contribution in [2.24, 2.45) is 0 Å². The molecule has 0 bridgehead atoms. The highest BCUT2D eigenvalue weighted by Crippen LogP contribution is 1.97. The molecule has 1 rings (SSSR count). The molecule has 0 fully saturated rings. The van der Waals surface area contributed by atoms with Gasteiger partial charge < -0.3 is 4.74 Å². The molecular formula is C12H16N2O4. The van der Waals surface area contributed by atoms with E-state index in [-0.39, 0.29) is 30.9 Å². The summed E-state index contributed by atoms with van der Waals surface area (Å²) in [6.45, 7) is 5.10. The van der Waals surface area contributed by atoms with Crippen molar-refractivity contribution in [1.29, 1.82) is 0 Å². The Morgan fingerprint density at radius 2 is 2.06 bits per heavy atom. The van der Waals surface area contributed by atoms with Gasteiger partial charge in [-0.15, -0.1) is 0 Å². The first-order valence-electron chi connectivity index (χ1n) is 5.66. The number of ether oxygens (including phenoxy) is 1. The van der Waals surface area contributed by atoms with E-state index >= 15 is 0 Å². The fourth-order valence-corrected chi connectivity index (χ4v) is 1.56. The van der Waals surface area contributed by atoms with E-state index < -0.39 is 5.97 Å². The number of aromatic nitrogens is 2. The molecular weight excluding hydrogens is 236 g/mol. The molecule has 1 heterocycles. The fourth-order valence-electron chi connectivity index (χ4n) is 1.56. The summed E-state index contributed by atoms with van der Waals surface area (Å²) in [5.74, 6) is -0.491. The number of carbonyl (C=O) groups excluding carboxylic acids is 2. The highest BCUT2D eigenvalue weighted by Gasteiger charge is 2.13. The molecule has 0 saturated heterocycles. The lowest BCUT2D eigenvalue weighted by Crippen LogP contribution is -2.28. The number of hydrogen-bond acceptors (Lipinski definition) is 5. The summed E-state index contributed by atoms with van der Waals surface area (Å²) in [6, 6.07) is 1.35. The maximum Gasteiger partial charge on any atom is 0.313 e. The number of ketones is 1. The summed E-state index contributed by atoms with van der Waals surface area (Å²) in [6.07, 6.45) is -0.326. The van der Waals surface area contributed by atoms with Crippen molar-refractivity contribution >= 4 is 11.8 Å². The van der Waals surface area contributed by atoms with Crippen LogP contribution in [0.15, 0.2) is 10.9 Å². The monoisotopic (exact) mass is 252 g/mol. The predicted octanol–water partition coefficient (Wildman–Crippen LogP) is 0.382. The molecule has 0 unspecified atom stereocenters. The topological polar surface area (TPSA) is 78.3 Å². The SMILES string of the molecule is CCOC(=O)CC(=O)Cn1c(C)nc(C)cc1=O. The first kappa shape index (κ1) is 14.1. The lowest BCUT2D eigenvalue weighted by molar-refractivity contribution is -0.145. The average Bonchev–Trinajstić information content (AvgIpc) is 2.23. The van der Waals surface area contributed by atoms with Crippen molar-refractivity contribution in [2.45, 2.75) is 33.7 Å². The molecule has 98 valence electrons. The summed E-state index contributed by atoms with van der Waals surface area (Å²) in [5.41, 5.74) is 0.309. The number of hydrogen-bond donors (Lipinski definition) is 0. The van der Waals surface area contributed by atoms with Crippen LogP contribution in [0, 0.1) is 13.8 Å². The largest absolute Gasteiger partial charge is 0.466 e. The maximum atomic E-state index is 11.7. The van der Waals surface area contributed by atoms with E-state index in [4.69, 9.17) is 0 Å². The van der Waals surface area contributed by atoms with E-state index in [0.29, 0.717) is 11.5 Å². The van der Waals surface area contributed by atoms with Gasteiger partial charge in [0, 0.05) is 11.8 Å². The van der Waals surface area contributed by atoms with Crippen molar-refractivity contribution in [3.63, 3.8) is 0 Å². The Bertz CT molecular complexity index is 519. The van der Waals surface area contributed by atoms with E-state index in [0.717, 1.165) is 0 Å². The van der Waals surface area contributed by atoms with Gasteiger partial charge in [-0.1, -0.05) is 0 Å². The second-order valence-electron chi connectivity index (χ2n) is 3.89. The van der Waals surface area contributed by atoms with Gasteiger partial charge in [-0.05, 0) is 20.8 Å². The van der Waals surface area contributed by atoms with Gasteiger partial charge in [-0.2, -0.15) is 0 Å². The van der Waals surface area contributed by atoms with Crippen LogP contribution in [0.5, 0.6) is 0 Å². The second kappa shape index (κ2) is 6.09. The van der Waals surface area contributed by atoms with Crippen LogP contribution in [0.25, 0.3) is 0 Å². The van der Waals surface area contributed by atoms with Crippen molar-refractivity contribution in [3.8, 4) is 0 Å². The Hall–Kier alpha value is -1.98. The van der Waals surface area contributed by atoms with Crippen LogP contribution in [0.4, 0.5) is 0 Å². The molecule has 0 aliphatic heterocycles. The fraction of sp³-hybridized carbons (Fsp3) is 0.500. The molecule has 0 amide bonds. The van der Waals surface area contributed by atoms with Crippen molar-refractivity contribution < 1.29 is 14.3 Å². The van der Waals surface area contributed by atoms with Crippen LogP contribution < -0.4 is 5.56 Å². The summed E-state index contributed by atoms with van der Waals surface area (Å²) in [7, 11) is 0. The van der Waals surface area contributed by atoms with Gasteiger partial charge in [0.1, 0.15) is 12.2 Å². The van der Waals surface area contributed by atoms with Crippen LogP contribution in [-0.4, -0.2) is 27.9 Å². The Balaban J connectivity index is 2.77. The Labute approximate surface area is 105 Å². The van der Waals surface area contributed by atoms with Crippen LogP contribution >= 0.6 is 0 Å². The molecule has 0 saturated carbocycles. The van der Waals surface area contributed by atoms with Crippen LogP contribution in [0.3, 0.4) is 0 Å². The van der Waals surface area contributed by atoms with Crippen molar-refractivity contribution in [3.05, 3.63) is 27.9 Å². The zero-order chi connectivity index (χ0) is 13.7. The van der Waals surface area contributed by atoms with E-state index in [1.807, 2.05) is 0 Å². The zero-order valence-corrected chi connectivity index (χ0v) is 10.7. The Morgan fingerprint density at radius 3 is 2.61 bits per heavy atom. The molecule has 0 aliphatic rings. The number of Topliss-reactive ketones (excluding diaryl/α,β-unsaturated/α-hetero) is 1. The number of aryl methyl sites for hydroxylation is 2. The molecule has 6 heteroatoms. The van der Waals surface area contributed by atoms with Gasteiger partial charge in [-0.25, -0.2) is 4.98 Å². The minimum atomic E-state index is -0.576. The average molecular weight is 252 g/mol. The molecule has 0 aromatic carbocycles. The summed E-state index contributed by atoms with van der Waals surface area (Å²) in [4.78, 5) is 38.5. The molecule has 0 spiro atoms. The van der Waals surface area contributed by atoms with E-state index in [9.17, 15) is 14.4 Å². The van der Waals surface area contributed by atoms with Crippen molar-refractivity contribution in [1.82, 2.24) is 9.55 Å². The molecule has 18 heavy (non-hydrogen) atoms. The third kappa shape index (κ3) is 3.80. The standard InChI is InChI=1S/C12H16N2O4/c1-4-18-12(17)6-10(15)7-14-9(3)13-8(2)5-11(14)16/h5H,4,6-7H2,1-3H3. The Morgan fingerprint density at radius 1 is 1.39 bits per heavy atom.